The molecule has 0 heterocycles. The Morgan fingerprint density at radius 1 is 0.395 bits per heavy atom. The van der Waals surface area contributed by atoms with Gasteiger partial charge in [-0.15, -0.1) is 0 Å². The molecule has 14 heteroatoms. The summed E-state index contributed by atoms with van der Waals surface area (Å²) in [5.74, 6) is 0. The third-order valence-corrected chi connectivity index (χ3v) is 5.33. The van der Waals surface area contributed by atoms with Crippen molar-refractivity contribution >= 4 is 0 Å². The summed E-state index contributed by atoms with van der Waals surface area (Å²) in [5, 5.41) is 53.8. The molecule has 12 nitrogen and oxygen atoms in total. The van der Waals surface area contributed by atoms with Crippen molar-refractivity contribution in [3.8, 4) is 0 Å². The van der Waals surface area contributed by atoms with E-state index in [-0.39, 0.29) is 51.8 Å². The maximum atomic E-state index is 9.21. The quantitative estimate of drug-likeness (QED) is 0.0498. The zero-order valence-electron chi connectivity index (χ0n) is 26.5. The Bertz CT molecular complexity index is 422. The van der Waals surface area contributed by atoms with Crippen molar-refractivity contribution in [2.24, 2.45) is 0 Å². The summed E-state index contributed by atoms with van der Waals surface area (Å²) in [6.45, 7) is 2.89. The smallest absolute Gasteiger partial charge is 0.0976 e. The number of hydrogen-bond acceptors (Lipinski definition) is 12. The molecule has 0 saturated carbocycles. The molecule has 43 heavy (non-hydrogen) atoms. The minimum absolute atomic E-state index is 0. The maximum Gasteiger partial charge on any atom is 0.0976 e. The third kappa shape index (κ3) is 49.5. The Kier molecular flexibility index (Phi) is 51.3. The first-order valence-electron chi connectivity index (χ1n) is 14.4. The first kappa shape index (κ1) is 50.2. The first-order valence-corrected chi connectivity index (χ1v) is 14.4. The van der Waals surface area contributed by atoms with Crippen LogP contribution in [0.1, 0.15) is 70.6 Å². The molecule has 0 amide bonds. The molecule has 0 bridgehead atoms. The average molecular weight is 1130 g/mol. The summed E-state index contributed by atoms with van der Waals surface area (Å²) in [4.78, 5) is 0. The standard InChI is InChI=1S/C11H22O6.2C9H19O3.2Rf/c1-14-6-10(12)8-16-4-3-5-17-9-11(13)7-15-2;2*1-12-8-9(11)6-4-2-3-5-7-10;;/h10-13H,1-9H2;2*9-11H,1-8H2;;/q-2;2*-1;;. The van der Waals surface area contributed by atoms with E-state index >= 15 is 0 Å². The van der Waals surface area contributed by atoms with E-state index in [1.807, 2.05) is 0 Å². The topological polar surface area (TPSA) is 177 Å². The molecule has 0 fully saturated rings. The van der Waals surface area contributed by atoms with Crippen LogP contribution in [0, 0.1) is 28.4 Å². The molecular formula is C29H60O12Rf2-4. The van der Waals surface area contributed by atoms with E-state index in [1.54, 1.807) is 0 Å². The van der Waals surface area contributed by atoms with E-state index in [0.29, 0.717) is 32.8 Å². The van der Waals surface area contributed by atoms with Crippen LogP contribution < -0.4 is 0 Å². The van der Waals surface area contributed by atoms with Crippen molar-refractivity contribution < 1.29 is 59.1 Å². The Hall–Kier alpha value is -2.48. The van der Waals surface area contributed by atoms with Gasteiger partial charge in [-0.25, -0.2) is 28.4 Å². The van der Waals surface area contributed by atoms with Gasteiger partial charge in [-0.05, 0) is 32.1 Å². The third-order valence-electron chi connectivity index (χ3n) is 5.33. The fraction of sp³-hybridized carbons (Fsp3) is 0.862. The van der Waals surface area contributed by atoms with Crippen LogP contribution in [0.5, 0.6) is 0 Å². The fourth-order valence-corrected chi connectivity index (χ4v) is 3.20. The minimum Gasteiger partial charge on any atom is -0.553 e. The van der Waals surface area contributed by atoms with Gasteiger partial charge in [0.15, 0.2) is 0 Å². The van der Waals surface area contributed by atoms with Crippen LogP contribution in [0.15, 0.2) is 0 Å². The summed E-state index contributed by atoms with van der Waals surface area (Å²) in [5.41, 5.74) is 0. The van der Waals surface area contributed by atoms with E-state index < -0.39 is 12.2 Å². The van der Waals surface area contributed by atoms with E-state index in [2.05, 4.69) is 47.4 Å². The van der Waals surface area contributed by atoms with Gasteiger partial charge in [0.25, 0.3) is 0 Å². The summed E-state index contributed by atoms with van der Waals surface area (Å²) < 4.78 is 28.4. The zero-order valence-corrected chi connectivity index (χ0v) is 39.3. The molecule has 0 aromatic rings. The molecule has 0 aliphatic heterocycles. The van der Waals surface area contributed by atoms with Crippen molar-refractivity contribution in [1.82, 2.24) is 0 Å². The Morgan fingerprint density at radius 2 is 0.698 bits per heavy atom. The molecule has 0 radical (unpaired) electrons. The van der Waals surface area contributed by atoms with E-state index in [1.165, 1.54) is 0 Å². The van der Waals surface area contributed by atoms with Gasteiger partial charge in [0.2, 0.25) is 0 Å². The van der Waals surface area contributed by atoms with Crippen LogP contribution in [-0.4, -0.2) is 121 Å². The largest absolute Gasteiger partial charge is 0.553 e. The van der Waals surface area contributed by atoms with Gasteiger partial charge in [-0.2, -0.15) is 0 Å². The van der Waals surface area contributed by atoms with Gasteiger partial charge < -0.3 is 59.1 Å². The second kappa shape index (κ2) is 44.0. The number of aliphatic hydroxyl groups is 6. The molecule has 4 atom stereocenters. The number of aliphatic hydroxyl groups excluding tert-OH is 6. The van der Waals surface area contributed by atoms with Gasteiger partial charge >= 0.3 is 0 Å². The van der Waals surface area contributed by atoms with Gasteiger partial charge in [-0.3, -0.25) is 0 Å². The second-order valence-corrected chi connectivity index (χ2v) is 9.45. The summed E-state index contributed by atoms with van der Waals surface area (Å²) in [7, 11) is 12.7. The van der Waals surface area contributed by atoms with Gasteiger partial charge in [0, 0.05) is 52.9 Å². The van der Waals surface area contributed by atoms with E-state index in [9.17, 15) is 20.4 Å². The molecule has 0 spiro atoms. The van der Waals surface area contributed by atoms with Crippen molar-refractivity contribution in [2.75, 3.05) is 66.1 Å². The Balaban J connectivity index is -0.000000168. The number of ether oxygens (including phenoxy) is 6. The molecule has 0 aromatic carbocycles. The van der Waals surface area contributed by atoms with Crippen LogP contribution in [-0.2, 0) is 28.4 Å². The molecule has 6 N–H and O–H groups in total. The molecule has 0 aliphatic carbocycles. The molecule has 0 rings (SSSR count). The van der Waals surface area contributed by atoms with Crippen molar-refractivity contribution in [3.05, 3.63) is 28.4 Å². The van der Waals surface area contributed by atoms with E-state index in [4.69, 9.17) is 19.7 Å². The van der Waals surface area contributed by atoms with Crippen molar-refractivity contribution in [3.63, 3.8) is 0 Å². The molecular weight excluding hydrogens is 1070 g/mol. The van der Waals surface area contributed by atoms with Crippen LogP contribution in [0.2, 0.25) is 0 Å². The predicted molar refractivity (Wildman–Crippen MR) is 156 cm³/mol. The normalized spacial score (nSPS) is 13.3. The Morgan fingerprint density at radius 3 is 1.00 bits per heavy atom. The molecule has 0 saturated heterocycles. The van der Waals surface area contributed by atoms with Gasteiger partial charge in [-0.1, -0.05) is 38.5 Å². The summed E-state index contributed by atoms with van der Waals surface area (Å²) in [6, 6.07) is 0. The van der Waals surface area contributed by atoms with Crippen LogP contribution >= 0.6 is 0 Å². The fourth-order valence-electron chi connectivity index (χ4n) is 3.20. The molecule has 256 valence electrons. The number of hydrogen-bond donors (Lipinski definition) is 6. The van der Waals surface area contributed by atoms with E-state index in [0.717, 1.165) is 64.2 Å². The van der Waals surface area contributed by atoms with Crippen LogP contribution in [0.25, 0.3) is 0 Å². The Labute approximate surface area is 248 Å². The summed E-state index contributed by atoms with van der Waals surface area (Å²) in [6.07, 6.45) is 8.07. The van der Waals surface area contributed by atoms with Crippen molar-refractivity contribution in [1.29, 1.82) is 0 Å². The average Bonchev–Trinajstić information content (AvgIpc) is 2.94. The minimum atomic E-state index is -0.649. The molecule has 0 aromatic heterocycles. The first-order chi connectivity index (χ1) is 19.8. The molecule has 0 aliphatic rings. The second-order valence-electron chi connectivity index (χ2n) is 9.45. The monoisotopic (exact) mass is 1130 g/mol. The number of rotatable bonds is 28. The van der Waals surface area contributed by atoms with Crippen LogP contribution in [0.4, 0.5) is 0 Å². The zero-order chi connectivity index (χ0) is 31.4. The van der Waals surface area contributed by atoms with Crippen molar-refractivity contribution in [2.45, 2.75) is 95.0 Å². The number of unbranched alkanes of at least 4 members (excludes halogenated alkanes) is 6. The SMILES string of the molecule is [CH2-]OCC(O)CCCCCCO.[CH2-]OCC(O)CCCCCCO.[CH2-]OCC(O)COCCCOCC(O)CO[CH2-].[Rf].[Rf]. The predicted octanol–water partition coefficient (Wildman–Crippen LogP) is 1.94. The molecule has 4 unspecified atom stereocenters. The van der Waals surface area contributed by atoms with Crippen LogP contribution in [0.3, 0.4) is 0 Å². The summed E-state index contributed by atoms with van der Waals surface area (Å²) >= 11 is 0. The van der Waals surface area contributed by atoms with Gasteiger partial charge in [0.05, 0.1) is 37.6 Å². The van der Waals surface area contributed by atoms with Gasteiger partial charge in [0.1, 0.15) is 0 Å². The maximum absolute atomic E-state index is 9.21.